The summed E-state index contributed by atoms with van der Waals surface area (Å²) in [5, 5.41) is 0. The van der Waals surface area contributed by atoms with E-state index in [-0.39, 0.29) is 37.7 Å². The minimum absolute atomic E-state index is 0. The molecule has 0 amide bonds. The Kier molecular flexibility index (Phi) is 119. The summed E-state index contributed by atoms with van der Waals surface area (Å²) >= 11 is 0. The van der Waals surface area contributed by atoms with E-state index in [1.165, 1.54) is 0 Å². The number of hydrogen-bond acceptors (Lipinski definition) is 0. The van der Waals surface area contributed by atoms with E-state index < -0.39 is 0 Å². The Morgan fingerprint density at radius 3 is 1.25 bits per heavy atom. The molecule has 0 spiro atoms. The normalized spacial score (nSPS) is 4.50. The van der Waals surface area contributed by atoms with Gasteiger partial charge < -0.3 is 13.3 Å². The molecule has 0 aliphatic carbocycles. The molecule has 0 bridgehead atoms. The van der Waals surface area contributed by atoms with E-state index in [0.717, 1.165) is 6.42 Å². The van der Waals surface area contributed by atoms with Crippen LogP contribution in [0.4, 0.5) is 0 Å². The van der Waals surface area contributed by atoms with Crippen LogP contribution in [0.5, 0.6) is 0 Å². The maximum atomic E-state index is 3.49. The Morgan fingerprint density at radius 2 is 1.25 bits per heavy atom. The van der Waals surface area contributed by atoms with E-state index in [9.17, 15) is 0 Å². The standard InChI is InChI=1S/2C3H7.2Li/c2*1-3-2;;/h3H,1-2H3;1,3H2,2H3;;/q2*-1;2*+1. The summed E-state index contributed by atoms with van der Waals surface area (Å²) < 4.78 is 0. The summed E-state index contributed by atoms with van der Waals surface area (Å²) in [6.45, 7) is 9.50. The second-order valence-corrected chi connectivity index (χ2v) is 1.08. The van der Waals surface area contributed by atoms with Crippen LogP contribution in [0.3, 0.4) is 0 Å². The predicted molar refractivity (Wildman–Crippen MR) is 31.3 cm³/mol. The van der Waals surface area contributed by atoms with Crippen molar-refractivity contribution in [3.05, 3.63) is 13.3 Å². The van der Waals surface area contributed by atoms with Gasteiger partial charge in [0.15, 0.2) is 0 Å². The number of hydrogen-bond donors (Lipinski definition) is 0. The Morgan fingerprint density at radius 1 is 1.25 bits per heavy atom. The van der Waals surface area contributed by atoms with Crippen molar-refractivity contribution in [1.29, 1.82) is 0 Å². The third-order valence-electron chi connectivity index (χ3n) is 0. The van der Waals surface area contributed by atoms with Gasteiger partial charge in [-0.25, -0.2) is 0 Å². The molecule has 0 nitrogen and oxygen atoms in total. The first-order chi connectivity index (χ1) is 2.83. The Balaban J connectivity index is -0.0000000160. The second kappa shape index (κ2) is 41.6. The average Bonchev–Trinajstić information content (AvgIpc) is 1.39. The molecule has 0 heterocycles. The van der Waals surface area contributed by atoms with E-state index in [1.54, 1.807) is 0 Å². The molecule has 40 valence electrons. The molecule has 0 fully saturated rings. The van der Waals surface area contributed by atoms with E-state index >= 15 is 0 Å². The average molecular weight is 100 g/mol. The molecule has 8 heavy (non-hydrogen) atoms. The SMILES string of the molecule is C[CH-]C.[CH2-]CC.[Li+].[Li+]. The van der Waals surface area contributed by atoms with Crippen molar-refractivity contribution in [3.8, 4) is 0 Å². The van der Waals surface area contributed by atoms with Crippen molar-refractivity contribution in [3.63, 3.8) is 0 Å². The van der Waals surface area contributed by atoms with Gasteiger partial charge in [-0.1, -0.05) is 6.92 Å². The third kappa shape index (κ3) is 193. The molecule has 0 radical (unpaired) electrons. The molecule has 2 heteroatoms. The fourth-order valence-corrected chi connectivity index (χ4v) is 0. The van der Waals surface area contributed by atoms with E-state index in [4.69, 9.17) is 0 Å². The Hall–Kier alpha value is 1.19. The predicted octanol–water partition coefficient (Wildman–Crippen LogP) is -3.53. The van der Waals surface area contributed by atoms with E-state index in [0.29, 0.717) is 0 Å². The van der Waals surface area contributed by atoms with Gasteiger partial charge in [-0.15, -0.1) is 0 Å². The summed E-state index contributed by atoms with van der Waals surface area (Å²) in [4.78, 5) is 0. The van der Waals surface area contributed by atoms with Crippen LogP contribution in [0.25, 0.3) is 0 Å². The first kappa shape index (κ1) is 22.9. The molecule has 0 saturated heterocycles. The van der Waals surface area contributed by atoms with Gasteiger partial charge in [0.1, 0.15) is 0 Å². The van der Waals surface area contributed by atoms with Crippen LogP contribution in [0, 0.1) is 13.3 Å². The molecule has 0 aromatic rings. The van der Waals surface area contributed by atoms with Crippen molar-refractivity contribution in [2.75, 3.05) is 0 Å². The molecule has 0 unspecified atom stereocenters. The summed E-state index contributed by atoms with van der Waals surface area (Å²) in [6, 6.07) is 0. The van der Waals surface area contributed by atoms with Gasteiger partial charge in [0.05, 0.1) is 0 Å². The fraction of sp³-hybridized carbons (Fsp3) is 0.667. The molecular formula is C6H14Li2. The van der Waals surface area contributed by atoms with Crippen molar-refractivity contribution in [2.45, 2.75) is 27.2 Å². The molecule has 0 rings (SSSR count). The summed E-state index contributed by atoms with van der Waals surface area (Å²) in [6.07, 6.45) is 3.00. The van der Waals surface area contributed by atoms with Crippen LogP contribution in [0.1, 0.15) is 27.2 Å². The van der Waals surface area contributed by atoms with Crippen LogP contribution in [-0.2, 0) is 0 Å². The Labute approximate surface area is 78.2 Å². The smallest absolute Gasteiger partial charge is 0.344 e. The zero-order valence-corrected chi connectivity index (χ0v) is 6.99. The van der Waals surface area contributed by atoms with Gasteiger partial charge in [0, 0.05) is 0 Å². The molecule has 0 aliphatic rings. The van der Waals surface area contributed by atoms with Gasteiger partial charge in [0.2, 0.25) is 0 Å². The molecule has 0 atom stereocenters. The third-order valence-corrected chi connectivity index (χ3v) is 0. The first-order valence-electron chi connectivity index (χ1n) is 2.36. The minimum atomic E-state index is 0. The van der Waals surface area contributed by atoms with Crippen molar-refractivity contribution in [2.24, 2.45) is 0 Å². The maximum absolute atomic E-state index is 3.49. The number of rotatable bonds is 0. The monoisotopic (exact) mass is 100 g/mol. The van der Waals surface area contributed by atoms with Crippen molar-refractivity contribution in [1.82, 2.24) is 0 Å². The molecule has 0 aliphatic heterocycles. The Bertz CT molecular complexity index is 8.49. The largest absolute Gasteiger partial charge is 1.00 e. The van der Waals surface area contributed by atoms with Crippen LogP contribution in [0.2, 0.25) is 0 Å². The van der Waals surface area contributed by atoms with E-state index in [1.807, 2.05) is 27.2 Å². The summed E-state index contributed by atoms with van der Waals surface area (Å²) in [5.74, 6) is 0. The van der Waals surface area contributed by atoms with Crippen LogP contribution >= 0.6 is 0 Å². The minimum Gasteiger partial charge on any atom is -0.344 e. The molecule has 0 aromatic carbocycles. The molecule has 0 saturated carbocycles. The van der Waals surface area contributed by atoms with Crippen LogP contribution < -0.4 is 37.7 Å². The zero-order valence-electron chi connectivity index (χ0n) is 6.99. The van der Waals surface area contributed by atoms with Gasteiger partial charge in [-0.3, -0.25) is 0 Å². The van der Waals surface area contributed by atoms with Gasteiger partial charge >= 0.3 is 37.7 Å². The topological polar surface area (TPSA) is 0 Å². The van der Waals surface area contributed by atoms with E-state index in [2.05, 4.69) is 6.92 Å². The quantitative estimate of drug-likeness (QED) is 0.218. The zero-order chi connectivity index (χ0) is 5.41. The second-order valence-electron chi connectivity index (χ2n) is 1.08. The summed E-state index contributed by atoms with van der Waals surface area (Å²) in [5.41, 5.74) is 0. The molecule has 0 aromatic heterocycles. The van der Waals surface area contributed by atoms with Gasteiger partial charge in [-0.05, 0) is 0 Å². The van der Waals surface area contributed by atoms with Crippen molar-refractivity contribution < 1.29 is 37.7 Å². The molecule has 0 N–H and O–H groups in total. The first-order valence-corrected chi connectivity index (χ1v) is 2.36. The summed E-state index contributed by atoms with van der Waals surface area (Å²) in [7, 11) is 0. The van der Waals surface area contributed by atoms with Crippen LogP contribution in [0.15, 0.2) is 0 Å². The van der Waals surface area contributed by atoms with Gasteiger partial charge in [0.25, 0.3) is 0 Å². The van der Waals surface area contributed by atoms with Crippen molar-refractivity contribution >= 4 is 0 Å². The van der Waals surface area contributed by atoms with Crippen LogP contribution in [-0.4, -0.2) is 0 Å². The molecular weight excluding hydrogens is 85.9 g/mol. The van der Waals surface area contributed by atoms with Gasteiger partial charge in [-0.2, -0.15) is 20.3 Å². The fourth-order valence-electron chi connectivity index (χ4n) is 0. The maximum Gasteiger partial charge on any atom is 1.00 e.